The van der Waals surface area contributed by atoms with Gasteiger partial charge in [0.1, 0.15) is 0 Å². The molecule has 0 saturated carbocycles. The summed E-state index contributed by atoms with van der Waals surface area (Å²) in [5.74, 6) is -0.328. The molecule has 3 amide bonds. The van der Waals surface area contributed by atoms with Crippen LogP contribution in [0.1, 0.15) is 12.0 Å². The quantitative estimate of drug-likeness (QED) is 0.710. The van der Waals surface area contributed by atoms with E-state index in [0.717, 1.165) is 5.56 Å². The molecule has 2 heterocycles. The number of amides is 3. The van der Waals surface area contributed by atoms with Crippen molar-refractivity contribution in [2.24, 2.45) is 5.92 Å². The molecule has 7 nitrogen and oxygen atoms in total. The van der Waals surface area contributed by atoms with Crippen LogP contribution in [0, 0.1) is 5.92 Å². The van der Waals surface area contributed by atoms with Crippen LogP contribution in [-0.4, -0.2) is 54.7 Å². The summed E-state index contributed by atoms with van der Waals surface area (Å²) in [6, 6.07) is 1.64. The first-order valence-corrected chi connectivity index (χ1v) is 7.02. The van der Waals surface area contributed by atoms with Gasteiger partial charge in [-0.05, 0) is 18.1 Å². The number of nitrogens with one attached hydrogen (secondary N) is 2. The van der Waals surface area contributed by atoms with Crippen molar-refractivity contribution < 1.29 is 19.1 Å². The number of likely N-dealkylation sites (tertiary alicyclic amines) is 1. The number of furan rings is 1. The van der Waals surface area contributed by atoms with Crippen LogP contribution in [-0.2, 0) is 11.2 Å². The van der Waals surface area contributed by atoms with Crippen molar-refractivity contribution in [3.8, 4) is 0 Å². The molecule has 1 saturated heterocycles. The molecule has 21 heavy (non-hydrogen) atoms. The fourth-order valence-corrected chi connectivity index (χ4v) is 2.42. The second-order valence-corrected chi connectivity index (χ2v) is 5.22. The Morgan fingerprint density at radius 3 is 2.95 bits per heavy atom. The highest BCUT2D eigenvalue weighted by Gasteiger charge is 2.34. The zero-order valence-electron chi connectivity index (χ0n) is 12.0. The second kappa shape index (κ2) is 7.12. The van der Waals surface area contributed by atoms with Crippen molar-refractivity contribution in [2.45, 2.75) is 18.9 Å². The topological polar surface area (TPSA) is 94.8 Å². The van der Waals surface area contributed by atoms with E-state index >= 15 is 0 Å². The zero-order valence-corrected chi connectivity index (χ0v) is 12.0. The number of hydrogen-bond donors (Lipinski definition) is 3. The van der Waals surface area contributed by atoms with Gasteiger partial charge in [-0.2, -0.15) is 0 Å². The lowest BCUT2D eigenvalue weighted by molar-refractivity contribution is -0.122. The van der Waals surface area contributed by atoms with Crippen molar-refractivity contribution in [1.82, 2.24) is 15.5 Å². The molecule has 2 atom stereocenters. The van der Waals surface area contributed by atoms with E-state index in [4.69, 9.17) is 4.42 Å². The number of rotatable bonds is 5. The van der Waals surface area contributed by atoms with Gasteiger partial charge >= 0.3 is 6.03 Å². The molecule has 1 aromatic heterocycles. The van der Waals surface area contributed by atoms with E-state index in [1.165, 1.54) is 0 Å². The fourth-order valence-electron chi connectivity index (χ4n) is 2.42. The molecular formula is C14H21N3O4. The van der Waals surface area contributed by atoms with Gasteiger partial charge in [0.05, 0.1) is 18.6 Å². The average molecular weight is 295 g/mol. The van der Waals surface area contributed by atoms with E-state index < -0.39 is 6.10 Å². The third kappa shape index (κ3) is 4.22. The van der Waals surface area contributed by atoms with E-state index in [0.29, 0.717) is 19.5 Å². The predicted octanol–water partition coefficient (Wildman–Crippen LogP) is -0.0395. The molecule has 0 aromatic carbocycles. The van der Waals surface area contributed by atoms with Gasteiger partial charge in [-0.15, -0.1) is 0 Å². The molecule has 1 aliphatic rings. The number of aliphatic hydroxyl groups excluding tert-OH is 1. The van der Waals surface area contributed by atoms with Gasteiger partial charge in [-0.3, -0.25) is 4.79 Å². The summed E-state index contributed by atoms with van der Waals surface area (Å²) in [4.78, 5) is 24.9. The number of β-amino-alcohol motifs (C(OH)–C–C–N with tert-alkyl or cyclic N) is 1. The lowest BCUT2D eigenvalue weighted by Crippen LogP contribution is -2.39. The minimum absolute atomic E-state index is 0.124. The molecule has 0 spiro atoms. The highest BCUT2D eigenvalue weighted by Crippen LogP contribution is 2.20. The Bertz CT molecular complexity index is 475. The van der Waals surface area contributed by atoms with Crippen molar-refractivity contribution in [3.63, 3.8) is 0 Å². The standard InChI is InChI=1S/C14H21N3O4/c1-15-13(19)6-11-7-17(8-12(11)18)14(20)16-4-2-10-3-5-21-9-10/h3,5,9,11-12,18H,2,4,6-8H2,1H3,(H,15,19)(H,16,20)/t11-,12-/m1/s1. The summed E-state index contributed by atoms with van der Waals surface area (Å²) in [6.07, 6.45) is 3.51. The lowest BCUT2D eigenvalue weighted by Gasteiger charge is -2.16. The minimum Gasteiger partial charge on any atom is -0.472 e. The maximum absolute atomic E-state index is 12.0. The Morgan fingerprint density at radius 1 is 1.48 bits per heavy atom. The SMILES string of the molecule is CNC(=O)C[C@@H]1CN(C(=O)NCCc2ccoc2)C[C@H]1O. The summed E-state index contributed by atoms with van der Waals surface area (Å²) in [5.41, 5.74) is 1.02. The first kappa shape index (κ1) is 15.4. The van der Waals surface area contributed by atoms with Gasteiger partial charge in [0, 0.05) is 39.0 Å². The number of carbonyl (C=O) groups is 2. The van der Waals surface area contributed by atoms with Crippen molar-refractivity contribution in [2.75, 3.05) is 26.7 Å². The van der Waals surface area contributed by atoms with Crippen LogP contribution in [0.3, 0.4) is 0 Å². The van der Waals surface area contributed by atoms with Gasteiger partial charge in [-0.25, -0.2) is 4.79 Å². The third-order valence-corrected chi connectivity index (χ3v) is 3.69. The monoisotopic (exact) mass is 295 g/mol. The highest BCUT2D eigenvalue weighted by molar-refractivity contribution is 5.77. The molecule has 116 valence electrons. The van der Waals surface area contributed by atoms with Crippen LogP contribution in [0.25, 0.3) is 0 Å². The lowest BCUT2D eigenvalue weighted by atomic mass is 10.0. The molecule has 1 fully saturated rings. The summed E-state index contributed by atoms with van der Waals surface area (Å²) in [5, 5.41) is 15.2. The van der Waals surface area contributed by atoms with Crippen molar-refractivity contribution >= 4 is 11.9 Å². The smallest absolute Gasteiger partial charge is 0.317 e. The molecule has 0 radical (unpaired) electrons. The minimum atomic E-state index is -0.651. The fraction of sp³-hybridized carbons (Fsp3) is 0.571. The van der Waals surface area contributed by atoms with E-state index in [1.807, 2.05) is 6.07 Å². The predicted molar refractivity (Wildman–Crippen MR) is 75.6 cm³/mol. The van der Waals surface area contributed by atoms with Gasteiger partial charge in [0.25, 0.3) is 0 Å². The number of urea groups is 1. The average Bonchev–Trinajstić information content (AvgIpc) is 3.09. The summed E-state index contributed by atoms with van der Waals surface area (Å²) < 4.78 is 4.95. The van der Waals surface area contributed by atoms with Crippen LogP contribution >= 0.6 is 0 Å². The van der Waals surface area contributed by atoms with Gasteiger partial charge < -0.3 is 25.1 Å². The van der Waals surface area contributed by atoms with Crippen LogP contribution in [0.15, 0.2) is 23.0 Å². The van der Waals surface area contributed by atoms with E-state index in [9.17, 15) is 14.7 Å². The summed E-state index contributed by atoms with van der Waals surface area (Å²) in [7, 11) is 1.56. The molecule has 0 aliphatic carbocycles. The number of nitrogens with zero attached hydrogens (tertiary/aromatic N) is 1. The maximum atomic E-state index is 12.0. The van der Waals surface area contributed by atoms with Crippen LogP contribution in [0.5, 0.6) is 0 Å². The Kier molecular flexibility index (Phi) is 5.21. The zero-order chi connectivity index (χ0) is 15.2. The third-order valence-electron chi connectivity index (χ3n) is 3.69. The molecule has 0 bridgehead atoms. The first-order chi connectivity index (χ1) is 10.1. The normalized spacial score (nSPS) is 21.3. The molecule has 3 N–H and O–H groups in total. The number of hydrogen-bond acceptors (Lipinski definition) is 4. The Morgan fingerprint density at radius 2 is 2.29 bits per heavy atom. The molecular weight excluding hydrogens is 274 g/mol. The van der Waals surface area contributed by atoms with Crippen molar-refractivity contribution in [3.05, 3.63) is 24.2 Å². The molecule has 1 aliphatic heterocycles. The van der Waals surface area contributed by atoms with Gasteiger partial charge in [0.2, 0.25) is 5.91 Å². The molecule has 0 unspecified atom stereocenters. The Balaban J connectivity index is 1.74. The molecule has 7 heteroatoms. The Labute approximate surface area is 123 Å². The highest BCUT2D eigenvalue weighted by atomic mass is 16.3. The Hall–Kier alpha value is -2.02. The van der Waals surface area contributed by atoms with E-state index in [1.54, 1.807) is 24.5 Å². The largest absolute Gasteiger partial charge is 0.472 e. The molecule has 1 aromatic rings. The molecule has 2 rings (SSSR count). The number of carbonyl (C=O) groups excluding carboxylic acids is 2. The van der Waals surface area contributed by atoms with Crippen molar-refractivity contribution in [1.29, 1.82) is 0 Å². The maximum Gasteiger partial charge on any atom is 0.317 e. The second-order valence-electron chi connectivity index (χ2n) is 5.22. The summed E-state index contributed by atoms with van der Waals surface area (Å²) >= 11 is 0. The van der Waals surface area contributed by atoms with Gasteiger partial charge in [-0.1, -0.05) is 0 Å². The van der Waals surface area contributed by atoms with E-state index in [2.05, 4.69) is 10.6 Å². The number of aliphatic hydroxyl groups is 1. The van der Waals surface area contributed by atoms with Crippen LogP contribution in [0.2, 0.25) is 0 Å². The van der Waals surface area contributed by atoms with E-state index in [-0.39, 0.29) is 30.8 Å². The first-order valence-electron chi connectivity index (χ1n) is 7.02. The van der Waals surface area contributed by atoms with Gasteiger partial charge in [0.15, 0.2) is 0 Å². The van der Waals surface area contributed by atoms with Crippen LogP contribution in [0.4, 0.5) is 4.79 Å². The van der Waals surface area contributed by atoms with Crippen LogP contribution < -0.4 is 10.6 Å². The summed E-state index contributed by atoms with van der Waals surface area (Å²) in [6.45, 7) is 1.16.